The van der Waals surface area contributed by atoms with E-state index in [1.807, 2.05) is 18.2 Å². The second-order valence-corrected chi connectivity index (χ2v) is 4.39. The van der Waals surface area contributed by atoms with Gasteiger partial charge in [-0.25, -0.2) is 0 Å². The van der Waals surface area contributed by atoms with Crippen molar-refractivity contribution in [1.29, 1.82) is 0 Å². The Morgan fingerprint density at radius 2 is 1.68 bits per heavy atom. The van der Waals surface area contributed by atoms with Crippen LogP contribution >= 0.6 is 0 Å². The van der Waals surface area contributed by atoms with Gasteiger partial charge in [-0.05, 0) is 23.8 Å². The number of phenolic OH excluding ortho intramolecular Hbond substituents is 1. The lowest BCUT2D eigenvalue weighted by molar-refractivity contribution is 0.469. The van der Waals surface area contributed by atoms with Crippen molar-refractivity contribution >= 4 is 11.0 Å². The fraction of sp³-hybridized carbons (Fsp3) is 0.0625. The molecular formula is C16H12O3. The van der Waals surface area contributed by atoms with Crippen LogP contribution in [-0.2, 0) is 6.42 Å². The smallest absolute Gasteiger partial charge is 0.196 e. The molecule has 1 aromatic heterocycles. The number of rotatable bonds is 2. The van der Waals surface area contributed by atoms with Gasteiger partial charge in [-0.2, -0.15) is 0 Å². The van der Waals surface area contributed by atoms with Crippen molar-refractivity contribution in [2.45, 2.75) is 6.42 Å². The Hall–Kier alpha value is -2.55. The molecular weight excluding hydrogens is 240 g/mol. The third-order valence-electron chi connectivity index (χ3n) is 3.12. The number of fused-ring (bicyclic) bond motifs is 1. The highest BCUT2D eigenvalue weighted by atomic mass is 16.3. The second-order valence-electron chi connectivity index (χ2n) is 4.39. The molecule has 1 N–H and O–H groups in total. The van der Waals surface area contributed by atoms with Gasteiger partial charge in [0, 0.05) is 12.0 Å². The Balaban J connectivity index is 2.10. The lowest BCUT2D eigenvalue weighted by atomic mass is 10.0. The van der Waals surface area contributed by atoms with Gasteiger partial charge in [-0.15, -0.1) is 0 Å². The van der Waals surface area contributed by atoms with Gasteiger partial charge in [0.25, 0.3) is 0 Å². The molecule has 0 saturated carbocycles. The molecule has 0 aliphatic heterocycles. The molecule has 0 amide bonds. The van der Waals surface area contributed by atoms with E-state index in [9.17, 15) is 9.90 Å². The standard InChI is InChI=1S/C16H12O3/c17-14-7-3-1-5-11(14)9-12-10-19-15-8-4-2-6-13(15)16(12)18/h1-8,10,17H,9H2. The summed E-state index contributed by atoms with van der Waals surface area (Å²) in [5.41, 5.74) is 1.78. The van der Waals surface area contributed by atoms with Crippen LogP contribution in [0.25, 0.3) is 11.0 Å². The van der Waals surface area contributed by atoms with Crippen molar-refractivity contribution in [2.75, 3.05) is 0 Å². The number of hydrogen-bond acceptors (Lipinski definition) is 3. The molecule has 3 aromatic rings. The van der Waals surface area contributed by atoms with Crippen molar-refractivity contribution in [3.63, 3.8) is 0 Å². The number of phenols is 1. The minimum absolute atomic E-state index is 0.0508. The normalized spacial score (nSPS) is 10.7. The summed E-state index contributed by atoms with van der Waals surface area (Å²) in [5, 5.41) is 10.3. The molecule has 1 heterocycles. The van der Waals surface area contributed by atoms with Crippen molar-refractivity contribution in [1.82, 2.24) is 0 Å². The molecule has 0 atom stereocenters. The number of aromatic hydroxyl groups is 1. The quantitative estimate of drug-likeness (QED) is 0.762. The van der Waals surface area contributed by atoms with Gasteiger partial charge >= 0.3 is 0 Å². The Morgan fingerprint density at radius 3 is 2.53 bits per heavy atom. The lowest BCUT2D eigenvalue weighted by Crippen LogP contribution is -2.09. The lowest BCUT2D eigenvalue weighted by Gasteiger charge is -2.04. The van der Waals surface area contributed by atoms with Gasteiger partial charge in [0.05, 0.1) is 11.6 Å². The summed E-state index contributed by atoms with van der Waals surface area (Å²) in [6.07, 6.45) is 1.83. The first kappa shape index (κ1) is 11.5. The van der Waals surface area contributed by atoms with Gasteiger partial charge in [0.1, 0.15) is 11.3 Å². The third-order valence-corrected chi connectivity index (χ3v) is 3.12. The first-order valence-electron chi connectivity index (χ1n) is 6.02. The zero-order chi connectivity index (χ0) is 13.2. The Bertz CT molecular complexity index is 787. The average molecular weight is 252 g/mol. The van der Waals surface area contributed by atoms with Crippen LogP contribution in [0.4, 0.5) is 0 Å². The minimum Gasteiger partial charge on any atom is -0.508 e. The first-order chi connectivity index (χ1) is 9.25. The van der Waals surface area contributed by atoms with Gasteiger partial charge in [-0.3, -0.25) is 4.79 Å². The van der Waals surface area contributed by atoms with E-state index in [1.165, 1.54) is 6.26 Å². The largest absolute Gasteiger partial charge is 0.508 e. The molecule has 0 bridgehead atoms. The highest BCUT2D eigenvalue weighted by Crippen LogP contribution is 2.19. The van der Waals surface area contributed by atoms with Crippen LogP contribution < -0.4 is 5.43 Å². The van der Waals surface area contributed by atoms with Gasteiger partial charge in [0.15, 0.2) is 5.43 Å². The average Bonchev–Trinajstić information content (AvgIpc) is 2.44. The maximum absolute atomic E-state index is 12.3. The fourth-order valence-corrected chi connectivity index (χ4v) is 2.11. The molecule has 2 aromatic carbocycles. The Labute approximate surface area is 109 Å². The highest BCUT2D eigenvalue weighted by Gasteiger charge is 2.09. The second kappa shape index (κ2) is 4.61. The molecule has 3 nitrogen and oxygen atoms in total. The molecule has 3 rings (SSSR count). The van der Waals surface area contributed by atoms with Crippen LogP contribution in [0.2, 0.25) is 0 Å². The number of hydrogen-bond donors (Lipinski definition) is 1. The highest BCUT2D eigenvalue weighted by molar-refractivity contribution is 5.76. The minimum atomic E-state index is -0.0508. The molecule has 0 radical (unpaired) electrons. The zero-order valence-corrected chi connectivity index (χ0v) is 10.2. The SMILES string of the molecule is O=c1c(Cc2ccccc2O)coc2ccccc12. The monoisotopic (exact) mass is 252 g/mol. The van der Waals surface area contributed by atoms with Gasteiger partial charge in [-0.1, -0.05) is 30.3 Å². The molecule has 94 valence electrons. The van der Waals surface area contributed by atoms with E-state index in [2.05, 4.69) is 0 Å². The predicted molar refractivity (Wildman–Crippen MR) is 73.4 cm³/mol. The van der Waals surface area contributed by atoms with E-state index >= 15 is 0 Å². The maximum atomic E-state index is 12.3. The summed E-state index contributed by atoms with van der Waals surface area (Å²) in [7, 11) is 0. The molecule has 0 fully saturated rings. The van der Waals surface area contributed by atoms with E-state index in [-0.39, 0.29) is 11.2 Å². The third kappa shape index (κ3) is 2.10. The number of benzene rings is 2. The number of para-hydroxylation sites is 2. The topological polar surface area (TPSA) is 50.4 Å². The van der Waals surface area contributed by atoms with Crippen LogP contribution in [0.3, 0.4) is 0 Å². The Morgan fingerprint density at radius 1 is 0.947 bits per heavy atom. The van der Waals surface area contributed by atoms with E-state index in [0.717, 1.165) is 0 Å². The fourth-order valence-electron chi connectivity index (χ4n) is 2.11. The van der Waals surface area contributed by atoms with E-state index in [1.54, 1.807) is 30.3 Å². The van der Waals surface area contributed by atoms with Crippen molar-refractivity contribution in [3.8, 4) is 5.75 Å². The summed E-state index contributed by atoms with van der Waals surface area (Å²) in [6.45, 7) is 0. The molecule has 3 heteroatoms. The van der Waals surface area contributed by atoms with E-state index in [4.69, 9.17) is 4.42 Å². The molecule has 0 aliphatic rings. The van der Waals surface area contributed by atoms with E-state index < -0.39 is 0 Å². The van der Waals surface area contributed by atoms with E-state index in [0.29, 0.717) is 28.5 Å². The summed E-state index contributed by atoms with van der Waals surface area (Å²) >= 11 is 0. The summed E-state index contributed by atoms with van der Waals surface area (Å²) < 4.78 is 5.45. The predicted octanol–water partition coefficient (Wildman–Crippen LogP) is 3.09. The maximum Gasteiger partial charge on any atom is 0.196 e. The summed E-state index contributed by atoms with van der Waals surface area (Å²) in [6, 6.07) is 14.1. The van der Waals surface area contributed by atoms with Gasteiger partial charge < -0.3 is 9.52 Å². The molecule has 0 aliphatic carbocycles. The van der Waals surface area contributed by atoms with Crippen LogP contribution in [0.1, 0.15) is 11.1 Å². The molecule has 19 heavy (non-hydrogen) atoms. The van der Waals surface area contributed by atoms with Crippen LogP contribution in [-0.4, -0.2) is 5.11 Å². The van der Waals surface area contributed by atoms with Crippen molar-refractivity contribution in [2.24, 2.45) is 0 Å². The van der Waals surface area contributed by atoms with Crippen LogP contribution in [0.5, 0.6) is 5.75 Å². The van der Waals surface area contributed by atoms with Crippen molar-refractivity contribution in [3.05, 3.63) is 76.1 Å². The molecule has 0 unspecified atom stereocenters. The van der Waals surface area contributed by atoms with Crippen LogP contribution in [0, 0.1) is 0 Å². The van der Waals surface area contributed by atoms with Crippen molar-refractivity contribution < 1.29 is 9.52 Å². The Kier molecular flexibility index (Phi) is 2.80. The first-order valence-corrected chi connectivity index (χ1v) is 6.02. The molecule has 0 saturated heterocycles. The van der Waals surface area contributed by atoms with Gasteiger partial charge in [0.2, 0.25) is 0 Å². The summed E-state index contributed by atoms with van der Waals surface area (Å²) in [5.74, 6) is 0.190. The zero-order valence-electron chi connectivity index (χ0n) is 10.2. The molecule has 0 spiro atoms. The van der Waals surface area contributed by atoms with Crippen LogP contribution in [0.15, 0.2) is 64.0 Å². The summed E-state index contributed by atoms with van der Waals surface area (Å²) in [4.78, 5) is 12.3.